The van der Waals surface area contributed by atoms with Crippen LogP contribution in [0, 0.1) is 11.7 Å². The van der Waals surface area contributed by atoms with Crippen molar-refractivity contribution in [1.29, 1.82) is 0 Å². The fourth-order valence-electron chi connectivity index (χ4n) is 2.04. The smallest absolute Gasteiger partial charge is 0.123 e. The van der Waals surface area contributed by atoms with Crippen molar-refractivity contribution in [1.82, 2.24) is 5.32 Å². The molecule has 0 aliphatic carbocycles. The summed E-state index contributed by atoms with van der Waals surface area (Å²) in [7, 11) is 0. The molecule has 1 rings (SSSR count). The maximum Gasteiger partial charge on any atom is 0.123 e. The first kappa shape index (κ1) is 15.2. The third-order valence-electron chi connectivity index (χ3n) is 3.23. The summed E-state index contributed by atoms with van der Waals surface area (Å²) in [5.74, 6) is 0.563. The lowest BCUT2D eigenvalue weighted by Gasteiger charge is -2.19. The zero-order valence-corrected chi connectivity index (χ0v) is 11.9. The van der Waals surface area contributed by atoms with E-state index >= 15 is 0 Å². The average molecular weight is 251 g/mol. The molecule has 0 aliphatic heterocycles. The van der Waals surface area contributed by atoms with Crippen LogP contribution >= 0.6 is 0 Å². The minimum atomic E-state index is -0.157. The largest absolute Gasteiger partial charge is 0.310 e. The first-order chi connectivity index (χ1) is 8.63. The van der Waals surface area contributed by atoms with Crippen molar-refractivity contribution >= 4 is 0 Å². The summed E-state index contributed by atoms with van der Waals surface area (Å²) >= 11 is 0. The zero-order valence-electron chi connectivity index (χ0n) is 11.9. The molecule has 1 aromatic rings. The molecule has 0 radical (unpaired) electrons. The van der Waals surface area contributed by atoms with Crippen LogP contribution in [0.5, 0.6) is 0 Å². The zero-order chi connectivity index (χ0) is 13.4. The fraction of sp³-hybridized carbons (Fsp3) is 0.625. The second-order valence-corrected chi connectivity index (χ2v) is 5.38. The Morgan fingerprint density at radius 3 is 2.33 bits per heavy atom. The molecule has 0 bridgehead atoms. The van der Waals surface area contributed by atoms with Gasteiger partial charge in [0.05, 0.1) is 0 Å². The average Bonchev–Trinajstić information content (AvgIpc) is 2.34. The molecule has 0 fully saturated rings. The minimum Gasteiger partial charge on any atom is -0.310 e. The van der Waals surface area contributed by atoms with Gasteiger partial charge < -0.3 is 5.32 Å². The Hall–Kier alpha value is -0.890. The van der Waals surface area contributed by atoms with Crippen LogP contribution in [0.25, 0.3) is 0 Å². The number of benzene rings is 1. The molecule has 1 N–H and O–H groups in total. The molecule has 0 saturated heterocycles. The number of hydrogen-bond donors (Lipinski definition) is 1. The normalized spacial score (nSPS) is 12.9. The molecule has 1 aromatic carbocycles. The van der Waals surface area contributed by atoms with Gasteiger partial charge in [-0.05, 0) is 43.0 Å². The van der Waals surface area contributed by atoms with Crippen LogP contribution in [-0.4, -0.2) is 6.54 Å². The number of unbranched alkanes of at least 4 members (excludes halogenated alkanes) is 1. The van der Waals surface area contributed by atoms with E-state index in [9.17, 15) is 4.39 Å². The van der Waals surface area contributed by atoms with E-state index in [2.05, 4.69) is 26.1 Å². The van der Waals surface area contributed by atoms with E-state index in [4.69, 9.17) is 0 Å². The summed E-state index contributed by atoms with van der Waals surface area (Å²) in [5, 5.41) is 3.60. The third kappa shape index (κ3) is 5.63. The van der Waals surface area contributed by atoms with Crippen molar-refractivity contribution in [2.45, 2.75) is 52.5 Å². The highest BCUT2D eigenvalue weighted by Crippen LogP contribution is 2.20. The fourth-order valence-corrected chi connectivity index (χ4v) is 2.04. The molecule has 0 aromatic heterocycles. The topological polar surface area (TPSA) is 12.0 Å². The van der Waals surface area contributed by atoms with E-state index in [-0.39, 0.29) is 5.82 Å². The number of rotatable bonds is 8. The first-order valence-corrected chi connectivity index (χ1v) is 7.12. The lowest BCUT2D eigenvalue weighted by Crippen LogP contribution is -2.23. The van der Waals surface area contributed by atoms with Gasteiger partial charge in [0.25, 0.3) is 0 Å². The van der Waals surface area contributed by atoms with Gasteiger partial charge in [0.2, 0.25) is 0 Å². The van der Waals surface area contributed by atoms with Gasteiger partial charge in [-0.2, -0.15) is 0 Å². The molecule has 0 spiro atoms. The van der Waals surface area contributed by atoms with Crippen molar-refractivity contribution in [3.05, 3.63) is 35.6 Å². The van der Waals surface area contributed by atoms with E-state index < -0.39 is 0 Å². The van der Waals surface area contributed by atoms with Crippen molar-refractivity contribution in [2.75, 3.05) is 6.54 Å². The second kappa shape index (κ2) is 8.25. The Morgan fingerprint density at radius 1 is 1.11 bits per heavy atom. The van der Waals surface area contributed by atoms with Crippen LogP contribution in [0.4, 0.5) is 4.39 Å². The Kier molecular flexibility index (Phi) is 6.96. The van der Waals surface area contributed by atoms with E-state index in [0.717, 1.165) is 18.9 Å². The van der Waals surface area contributed by atoms with Crippen molar-refractivity contribution in [3.63, 3.8) is 0 Å². The van der Waals surface area contributed by atoms with Crippen molar-refractivity contribution in [2.24, 2.45) is 5.92 Å². The van der Waals surface area contributed by atoms with Crippen molar-refractivity contribution < 1.29 is 4.39 Å². The second-order valence-electron chi connectivity index (χ2n) is 5.38. The van der Waals surface area contributed by atoms with E-state index in [1.54, 1.807) is 12.1 Å². The SMILES string of the molecule is CCCCC(NCCC(C)C)c1ccc(F)cc1. The maximum atomic E-state index is 12.9. The molecule has 1 unspecified atom stereocenters. The minimum absolute atomic E-state index is 0.157. The molecule has 102 valence electrons. The Morgan fingerprint density at radius 2 is 1.78 bits per heavy atom. The molecule has 0 amide bonds. The van der Waals surface area contributed by atoms with Gasteiger partial charge in [-0.25, -0.2) is 4.39 Å². The van der Waals surface area contributed by atoms with Gasteiger partial charge in [-0.1, -0.05) is 45.7 Å². The van der Waals surface area contributed by atoms with Gasteiger partial charge >= 0.3 is 0 Å². The highest BCUT2D eigenvalue weighted by Gasteiger charge is 2.10. The monoisotopic (exact) mass is 251 g/mol. The number of hydrogen-bond acceptors (Lipinski definition) is 1. The standard InChI is InChI=1S/C16H26FN/c1-4-5-6-16(18-12-11-13(2)3)14-7-9-15(17)10-8-14/h7-10,13,16,18H,4-6,11-12H2,1-3H3. The third-order valence-corrected chi connectivity index (χ3v) is 3.23. The Bertz CT molecular complexity index is 318. The predicted octanol–water partition coefficient (Wildman–Crippen LogP) is 4.69. The van der Waals surface area contributed by atoms with Crippen LogP contribution in [0.1, 0.15) is 58.1 Å². The molecular weight excluding hydrogens is 225 g/mol. The summed E-state index contributed by atoms with van der Waals surface area (Å²) in [6.45, 7) is 7.71. The van der Waals surface area contributed by atoms with Gasteiger partial charge in [-0.3, -0.25) is 0 Å². The van der Waals surface area contributed by atoms with Gasteiger partial charge in [0.15, 0.2) is 0 Å². The Balaban J connectivity index is 2.56. The van der Waals surface area contributed by atoms with Gasteiger partial charge in [0.1, 0.15) is 5.82 Å². The molecule has 1 nitrogen and oxygen atoms in total. The summed E-state index contributed by atoms with van der Waals surface area (Å²) < 4.78 is 12.9. The van der Waals surface area contributed by atoms with Crippen molar-refractivity contribution in [3.8, 4) is 0 Å². The van der Waals surface area contributed by atoms with Crippen LogP contribution in [-0.2, 0) is 0 Å². The quantitative estimate of drug-likeness (QED) is 0.706. The summed E-state index contributed by atoms with van der Waals surface area (Å²) in [5.41, 5.74) is 1.20. The summed E-state index contributed by atoms with van der Waals surface area (Å²) in [4.78, 5) is 0. The van der Waals surface area contributed by atoms with Gasteiger partial charge in [0, 0.05) is 6.04 Å². The summed E-state index contributed by atoms with van der Waals surface area (Å²) in [6, 6.07) is 7.27. The first-order valence-electron chi connectivity index (χ1n) is 7.12. The molecule has 2 heteroatoms. The number of nitrogens with one attached hydrogen (secondary N) is 1. The van der Waals surface area contributed by atoms with Crippen LogP contribution in [0.15, 0.2) is 24.3 Å². The van der Waals surface area contributed by atoms with Crippen LogP contribution in [0.3, 0.4) is 0 Å². The lowest BCUT2D eigenvalue weighted by molar-refractivity contribution is 0.448. The molecular formula is C16H26FN. The molecule has 18 heavy (non-hydrogen) atoms. The van der Waals surface area contributed by atoms with E-state index in [1.807, 2.05) is 12.1 Å². The number of halogens is 1. The molecule has 1 atom stereocenters. The van der Waals surface area contributed by atoms with Crippen LogP contribution in [0.2, 0.25) is 0 Å². The molecule has 0 aliphatic rings. The highest BCUT2D eigenvalue weighted by molar-refractivity contribution is 5.19. The summed E-state index contributed by atoms with van der Waals surface area (Å²) in [6.07, 6.45) is 4.71. The molecule has 0 saturated carbocycles. The Labute approximate surface area is 111 Å². The predicted molar refractivity (Wildman–Crippen MR) is 76.1 cm³/mol. The van der Waals surface area contributed by atoms with E-state index in [1.165, 1.54) is 24.8 Å². The van der Waals surface area contributed by atoms with E-state index in [0.29, 0.717) is 6.04 Å². The van der Waals surface area contributed by atoms with Crippen LogP contribution < -0.4 is 5.32 Å². The highest BCUT2D eigenvalue weighted by atomic mass is 19.1. The van der Waals surface area contributed by atoms with Gasteiger partial charge in [-0.15, -0.1) is 0 Å². The maximum absolute atomic E-state index is 12.9. The lowest BCUT2D eigenvalue weighted by atomic mass is 10.0. The molecule has 0 heterocycles.